The highest BCUT2D eigenvalue weighted by Gasteiger charge is 2.47. The Morgan fingerprint density at radius 3 is 2.60 bits per heavy atom. The molecule has 3 heterocycles. The van der Waals surface area contributed by atoms with Crippen LogP contribution in [0.25, 0.3) is 10.2 Å². The van der Waals surface area contributed by atoms with E-state index in [0.29, 0.717) is 24.6 Å². The Bertz CT molecular complexity index is 1460. The van der Waals surface area contributed by atoms with E-state index < -0.39 is 11.9 Å². The van der Waals surface area contributed by atoms with E-state index in [4.69, 9.17) is 19.2 Å². The molecule has 2 aliphatic heterocycles. The monoisotopic (exact) mass is 559 g/mol. The summed E-state index contributed by atoms with van der Waals surface area (Å²) in [5.41, 5.74) is 2.93. The van der Waals surface area contributed by atoms with E-state index in [-0.39, 0.29) is 18.8 Å². The van der Waals surface area contributed by atoms with Crippen LogP contribution in [0.2, 0.25) is 0 Å². The first-order valence-corrected chi connectivity index (χ1v) is 14.5. The summed E-state index contributed by atoms with van der Waals surface area (Å²) in [6.07, 6.45) is 0.995. The largest absolute Gasteiger partial charge is 0.497 e. The first kappa shape index (κ1) is 26.4. The maximum absolute atomic E-state index is 12.9. The van der Waals surface area contributed by atoms with E-state index in [1.165, 1.54) is 4.70 Å². The number of benzene rings is 3. The smallest absolute Gasteiger partial charge is 0.309 e. The highest BCUT2D eigenvalue weighted by Crippen LogP contribution is 2.48. The van der Waals surface area contributed by atoms with Crippen LogP contribution in [0.15, 0.2) is 66.7 Å². The van der Waals surface area contributed by atoms with E-state index in [1.807, 2.05) is 60.7 Å². The lowest BCUT2D eigenvalue weighted by molar-refractivity contribution is -0.143. The standard InChI is InChI=1S/C31H33N3O5S/c1-3-14-33(31-32-24-6-4-5-7-27(24)40-31)15-16-34-18-23(21-10-13-25-26(17-21)39-19-38-25)28(30(35)36)29(34)20-8-11-22(37-2)12-9-20/h4-13,17,23,28-29H,3,14-16,18-19H2,1-2H3,(H,35,36)/t23-,28+,29-/m1/s1. The molecule has 3 aromatic carbocycles. The van der Waals surface area contributed by atoms with Gasteiger partial charge in [0, 0.05) is 38.1 Å². The van der Waals surface area contributed by atoms with Crippen LogP contribution >= 0.6 is 11.3 Å². The SMILES string of the molecule is CCCN(CCN1C[C@H](c2ccc3c(c2)OCO3)[C@H](C(=O)O)[C@H]1c1ccc(OC)cc1)c1nc2ccccc2s1. The van der Waals surface area contributed by atoms with Gasteiger partial charge >= 0.3 is 5.97 Å². The first-order chi connectivity index (χ1) is 19.6. The number of aromatic nitrogens is 1. The second kappa shape index (κ2) is 11.3. The van der Waals surface area contributed by atoms with E-state index >= 15 is 0 Å². The van der Waals surface area contributed by atoms with Gasteiger partial charge in [0.1, 0.15) is 5.75 Å². The summed E-state index contributed by atoms with van der Waals surface area (Å²) in [5, 5.41) is 11.6. The number of likely N-dealkylation sites (tertiary alicyclic amines) is 1. The van der Waals surface area contributed by atoms with Gasteiger partial charge in [-0.2, -0.15) is 0 Å². The third-order valence-corrected chi connectivity index (χ3v) is 8.97. The number of carboxylic acid groups (broad SMARTS) is 1. The summed E-state index contributed by atoms with van der Waals surface area (Å²) in [4.78, 5) is 22.5. The molecule has 0 bridgehead atoms. The van der Waals surface area contributed by atoms with Crippen molar-refractivity contribution in [2.24, 2.45) is 5.92 Å². The van der Waals surface area contributed by atoms with Gasteiger partial charge in [0.15, 0.2) is 16.6 Å². The average Bonchev–Trinajstić information content (AvgIpc) is 3.71. The molecule has 3 atom stereocenters. The van der Waals surface area contributed by atoms with Crippen LogP contribution in [0, 0.1) is 5.92 Å². The number of methoxy groups -OCH3 is 1. The van der Waals surface area contributed by atoms with Crippen LogP contribution in [0.4, 0.5) is 5.13 Å². The number of aliphatic carboxylic acids is 1. The number of carboxylic acids is 1. The molecule has 0 radical (unpaired) electrons. The molecule has 9 heteroatoms. The molecule has 1 saturated heterocycles. The lowest BCUT2D eigenvalue weighted by atomic mass is 9.82. The summed E-state index contributed by atoms with van der Waals surface area (Å²) >= 11 is 1.71. The van der Waals surface area contributed by atoms with Gasteiger partial charge in [0.2, 0.25) is 6.79 Å². The molecule has 0 saturated carbocycles. The minimum Gasteiger partial charge on any atom is -0.497 e. The van der Waals surface area contributed by atoms with Crippen molar-refractivity contribution >= 4 is 32.7 Å². The van der Waals surface area contributed by atoms with E-state index in [9.17, 15) is 9.90 Å². The second-order valence-electron chi connectivity index (χ2n) is 10.2. The van der Waals surface area contributed by atoms with Gasteiger partial charge in [-0.15, -0.1) is 0 Å². The predicted octanol–water partition coefficient (Wildman–Crippen LogP) is 5.79. The Morgan fingerprint density at radius 2 is 1.85 bits per heavy atom. The fraction of sp³-hybridized carbons (Fsp3) is 0.355. The predicted molar refractivity (Wildman–Crippen MR) is 156 cm³/mol. The Hall–Kier alpha value is -3.82. The molecule has 6 rings (SSSR count). The molecule has 1 fully saturated rings. The van der Waals surface area contributed by atoms with Crippen molar-refractivity contribution < 1.29 is 24.1 Å². The topological polar surface area (TPSA) is 84.4 Å². The summed E-state index contributed by atoms with van der Waals surface area (Å²) in [6.45, 7) is 5.32. The number of ether oxygens (including phenoxy) is 3. The Balaban J connectivity index is 1.32. The number of hydrogen-bond acceptors (Lipinski definition) is 8. The molecule has 1 aromatic heterocycles. The number of para-hydroxylation sites is 1. The van der Waals surface area contributed by atoms with Gasteiger partial charge in [0.25, 0.3) is 0 Å². The lowest BCUT2D eigenvalue weighted by Gasteiger charge is -2.30. The molecule has 40 heavy (non-hydrogen) atoms. The van der Waals surface area contributed by atoms with Crippen LogP contribution < -0.4 is 19.1 Å². The van der Waals surface area contributed by atoms with Crippen LogP contribution in [0.1, 0.15) is 36.4 Å². The second-order valence-corrected chi connectivity index (χ2v) is 11.3. The molecule has 0 aliphatic carbocycles. The summed E-state index contributed by atoms with van der Waals surface area (Å²) in [6, 6.07) is 21.5. The van der Waals surface area contributed by atoms with Crippen molar-refractivity contribution in [2.75, 3.05) is 45.0 Å². The third-order valence-electron chi connectivity index (χ3n) is 7.87. The van der Waals surface area contributed by atoms with Crippen LogP contribution in [-0.4, -0.2) is 61.0 Å². The summed E-state index contributed by atoms with van der Waals surface area (Å²) < 4.78 is 17.7. The van der Waals surface area contributed by atoms with Crippen molar-refractivity contribution in [2.45, 2.75) is 25.3 Å². The number of carbonyl (C=O) groups is 1. The quantitative estimate of drug-likeness (QED) is 0.261. The van der Waals surface area contributed by atoms with Crippen LogP contribution in [-0.2, 0) is 4.79 Å². The fourth-order valence-electron chi connectivity index (χ4n) is 5.96. The zero-order chi connectivity index (χ0) is 27.6. The van der Waals surface area contributed by atoms with Gasteiger partial charge in [0.05, 0.1) is 23.2 Å². The Kier molecular flexibility index (Phi) is 7.49. The van der Waals surface area contributed by atoms with Crippen molar-refractivity contribution in [3.8, 4) is 17.2 Å². The molecule has 8 nitrogen and oxygen atoms in total. The van der Waals surface area contributed by atoms with Crippen LogP contribution in [0.5, 0.6) is 17.2 Å². The highest BCUT2D eigenvalue weighted by atomic mass is 32.1. The van der Waals surface area contributed by atoms with E-state index in [2.05, 4.69) is 22.8 Å². The molecular weight excluding hydrogens is 526 g/mol. The van der Waals surface area contributed by atoms with E-state index in [1.54, 1.807) is 18.4 Å². The normalized spacial score (nSPS) is 20.2. The van der Waals surface area contributed by atoms with Crippen molar-refractivity contribution in [1.82, 2.24) is 9.88 Å². The molecule has 0 unspecified atom stereocenters. The van der Waals surface area contributed by atoms with Gasteiger partial charge in [-0.25, -0.2) is 4.98 Å². The molecular formula is C31H33N3O5S. The summed E-state index contributed by atoms with van der Waals surface area (Å²) in [5.74, 6) is 0.478. The zero-order valence-electron chi connectivity index (χ0n) is 22.7. The molecule has 2 aliphatic rings. The number of hydrogen-bond donors (Lipinski definition) is 1. The lowest BCUT2D eigenvalue weighted by Crippen LogP contribution is -2.37. The zero-order valence-corrected chi connectivity index (χ0v) is 23.5. The highest BCUT2D eigenvalue weighted by molar-refractivity contribution is 7.22. The van der Waals surface area contributed by atoms with Crippen LogP contribution in [0.3, 0.4) is 0 Å². The maximum atomic E-state index is 12.9. The van der Waals surface area contributed by atoms with Gasteiger partial charge < -0.3 is 24.2 Å². The minimum atomic E-state index is -0.803. The Labute approximate surface area is 237 Å². The van der Waals surface area contributed by atoms with Crippen molar-refractivity contribution in [3.63, 3.8) is 0 Å². The maximum Gasteiger partial charge on any atom is 0.309 e. The number of fused-ring (bicyclic) bond motifs is 2. The van der Waals surface area contributed by atoms with Gasteiger partial charge in [-0.1, -0.05) is 48.6 Å². The molecule has 4 aromatic rings. The molecule has 1 N–H and O–H groups in total. The average molecular weight is 560 g/mol. The fourth-order valence-corrected chi connectivity index (χ4v) is 6.97. The van der Waals surface area contributed by atoms with Crippen molar-refractivity contribution in [1.29, 1.82) is 0 Å². The molecule has 208 valence electrons. The Morgan fingerprint density at radius 1 is 1.07 bits per heavy atom. The molecule has 0 spiro atoms. The minimum absolute atomic E-state index is 0.186. The number of nitrogens with zero attached hydrogens (tertiary/aromatic N) is 3. The summed E-state index contributed by atoms with van der Waals surface area (Å²) in [7, 11) is 1.64. The van der Waals surface area contributed by atoms with E-state index in [0.717, 1.165) is 47.0 Å². The number of rotatable bonds is 10. The first-order valence-electron chi connectivity index (χ1n) is 13.7. The van der Waals surface area contributed by atoms with Gasteiger partial charge in [-0.3, -0.25) is 9.69 Å². The van der Waals surface area contributed by atoms with Crippen molar-refractivity contribution in [3.05, 3.63) is 77.9 Å². The number of thiazole rings is 1. The molecule has 0 amide bonds. The third kappa shape index (κ3) is 5.07. The van der Waals surface area contributed by atoms with Gasteiger partial charge in [-0.05, 0) is 53.9 Å². The number of anilines is 1.